The molecule has 280 valence electrons. The molecule has 0 bridgehead atoms. The van der Waals surface area contributed by atoms with E-state index in [-0.39, 0.29) is 11.6 Å². The predicted molar refractivity (Wildman–Crippen MR) is 243 cm³/mol. The van der Waals surface area contributed by atoms with Crippen LogP contribution in [0.3, 0.4) is 0 Å². The molecule has 0 spiro atoms. The van der Waals surface area contributed by atoms with E-state index in [1.54, 1.807) is 0 Å². The van der Waals surface area contributed by atoms with Crippen LogP contribution in [0.15, 0.2) is 196 Å². The van der Waals surface area contributed by atoms with Gasteiger partial charge >= 0.3 is 0 Å². The Hall–Kier alpha value is -7.50. The minimum Gasteiger partial charge on any atom is -0.456 e. The fraction of sp³-hybridized carbons (Fsp3) is 0.0741. The summed E-state index contributed by atoms with van der Waals surface area (Å²) in [5, 5.41) is 8.28. The van der Waals surface area contributed by atoms with Crippen LogP contribution in [0, 0.1) is 0 Å². The standard InChI is InChI=1S/C54H38N4O/c1-54(2)43-20-11-9-18-38(43)41-32-47-42(31-44(41)54)39-19-10-12-21-45(39)58(47)46-22-13-23-48-50(46)40-29-28-37(30-49(40)59-48)53-56-51(35-16-7-4-8-17-35)55-52(57-53)36-26-24-34(25-27-36)33-14-5-3-6-15-33/h3-32,51H,1-2H3,(H,55,56,57). The summed E-state index contributed by atoms with van der Waals surface area (Å²) in [5.74, 6) is 1.43. The van der Waals surface area contributed by atoms with Crippen molar-refractivity contribution in [2.45, 2.75) is 25.4 Å². The maximum absolute atomic E-state index is 6.75. The van der Waals surface area contributed by atoms with Gasteiger partial charge < -0.3 is 14.3 Å². The zero-order chi connectivity index (χ0) is 39.2. The zero-order valence-corrected chi connectivity index (χ0v) is 32.6. The highest BCUT2D eigenvalue weighted by atomic mass is 16.3. The van der Waals surface area contributed by atoms with Crippen molar-refractivity contribution in [1.82, 2.24) is 9.88 Å². The van der Waals surface area contributed by atoms with Gasteiger partial charge in [-0.1, -0.05) is 153 Å². The SMILES string of the molecule is CC1(C)c2ccccc2-c2cc3c(cc21)c1ccccc1n3-c1cccc2oc3cc(C4=NC(c5ccc(-c6ccccc6)cc5)=NC(c5ccccc5)N4)ccc3c12. The third kappa shape index (κ3) is 5.18. The monoisotopic (exact) mass is 758 g/mol. The van der Waals surface area contributed by atoms with Gasteiger partial charge in [0.1, 0.15) is 23.2 Å². The molecule has 5 nitrogen and oxygen atoms in total. The molecule has 3 heterocycles. The maximum atomic E-state index is 6.75. The number of benzene rings is 8. The minimum absolute atomic E-state index is 0.0833. The first-order valence-corrected chi connectivity index (χ1v) is 20.3. The molecule has 0 amide bonds. The Balaban J connectivity index is 0.998. The van der Waals surface area contributed by atoms with Crippen molar-refractivity contribution in [3.63, 3.8) is 0 Å². The number of nitrogens with one attached hydrogen (secondary N) is 1. The molecule has 1 aliphatic heterocycles. The van der Waals surface area contributed by atoms with Crippen LogP contribution in [0.4, 0.5) is 0 Å². The van der Waals surface area contributed by atoms with Crippen LogP contribution >= 0.6 is 0 Å². The molecule has 59 heavy (non-hydrogen) atoms. The molecule has 0 saturated heterocycles. The van der Waals surface area contributed by atoms with E-state index in [0.29, 0.717) is 5.84 Å². The summed E-state index contributed by atoms with van der Waals surface area (Å²) < 4.78 is 9.18. The van der Waals surface area contributed by atoms with Crippen LogP contribution in [-0.4, -0.2) is 16.2 Å². The van der Waals surface area contributed by atoms with Crippen LogP contribution in [0.25, 0.3) is 71.7 Å². The van der Waals surface area contributed by atoms with Gasteiger partial charge in [0.2, 0.25) is 0 Å². The second kappa shape index (κ2) is 12.8. The number of fused-ring (bicyclic) bond motifs is 9. The minimum atomic E-state index is -0.306. The number of nitrogens with zero attached hydrogens (tertiary/aromatic N) is 3. The summed E-state index contributed by atoms with van der Waals surface area (Å²) in [5.41, 5.74) is 15.7. The average Bonchev–Trinajstić information content (AvgIpc) is 3.91. The molecule has 8 aromatic carbocycles. The van der Waals surface area contributed by atoms with Crippen molar-refractivity contribution in [3.8, 4) is 27.9 Å². The zero-order valence-electron chi connectivity index (χ0n) is 32.6. The summed E-state index contributed by atoms with van der Waals surface area (Å²) in [7, 11) is 0. The summed E-state index contributed by atoms with van der Waals surface area (Å²) in [6.45, 7) is 4.70. The van der Waals surface area contributed by atoms with Crippen LogP contribution in [0.5, 0.6) is 0 Å². The maximum Gasteiger partial charge on any atom is 0.159 e. The second-order valence-corrected chi connectivity index (χ2v) is 16.2. The van der Waals surface area contributed by atoms with Crippen molar-refractivity contribution in [2.75, 3.05) is 0 Å². The first-order chi connectivity index (χ1) is 29.0. The largest absolute Gasteiger partial charge is 0.456 e. The number of furan rings is 1. The van der Waals surface area contributed by atoms with Crippen molar-refractivity contribution in [2.24, 2.45) is 9.98 Å². The van der Waals surface area contributed by atoms with Gasteiger partial charge in [-0.3, -0.25) is 0 Å². The Labute approximate surface area is 341 Å². The molecule has 5 heteroatoms. The van der Waals surface area contributed by atoms with Gasteiger partial charge in [0, 0.05) is 32.7 Å². The molecule has 2 aliphatic rings. The lowest BCUT2D eigenvalue weighted by atomic mass is 9.82. The number of hydrogen-bond donors (Lipinski definition) is 1. The number of hydrogen-bond acceptors (Lipinski definition) is 4. The van der Waals surface area contributed by atoms with Gasteiger partial charge in [-0.25, -0.2) is 9.98 Å². The molecule has 0 fully saturated rings. The molecule has 1 unspecified atom stereocenters. The topological polar surface area (TPSA) is 54.8 Å². The van der Waals surface area contributed by atoms with Crippen LogP contribution in [-0.2, 0) is 5.41 Å². The number of aromatic nitrogens is 1. The highest BCUT2D eigenvalue weighted by Gasteiger charge is 2.36. The van der Waals surface area contributed by atoms with Gasteiger partial charge in [0.25, 0.3) is 0 Å². The summed E-state index contributed by atoms with van der Waals surface area (Å²) in [6.07, 6.45) is -0.306. The number of para-hydroxylation sites is 1. The van der Waals surface area contributed by atoms with E-state index >= 15 is 0 Å². The van der Waals surface area contributed by atoms with E-state index in [4.69, 9.17) is 14.4 Å². The highest BCUT2D eigenvalue weighted by molar-refractivity contribution is 6.18. The normalized spacial score (nSPS) is 15.6. The van der Waals surface area contributed by atoms with Gasteiger partial charge in [-0.2, -0.15) is 0 Å². The molecule has 10 aromatic rings. The van der Waals surface area contributed by atoms with E-state index < -0.39 is 0 Å². The number of rotatable bonds is 5. The van der Waals surface area contributed by atoms with E-state index in [9.17, 15) is 0 Å². The molecule has 0 radical (unpaired) electrons. The Bertz CT molecular complexity index is 3370. The Morgan fingerprint density at radius 1 is 0.525 bits per heavy atom. The van der Waals surface area contributed by atoms with Gasteiger partial charge in [-0.05, 0) is 81.4 Å². The molecule has 1 aliphatic carbocycles. The molecule has 0 saturated carbocycles. The van der Waals surface area contributed by atoms with E-state index in [0.717, 1.165) is 55.7 Å². The molecular formula is C54H38N4O. The van der Waals surface area contributed by atoms with Crippen LogP contribution in [0.1, 0.15) is 47.8 Å². The molecular weight excluding hydrogens is 721 g/mol. The van der Waals surface area contributed by atoms with Crippen LogP contribution < -0.4 is 5.32 Å². The Morgan fingerprint density at radius 2 is 1.24 bits per heavy atom. The Morgan fingerprint density at radius 3 is 2.08 bits per heavy atom. The van der Waals surface area contributed by atoms with Crippen molar-refractivity contribution < 1.29 is 4.42 Å². The van der Waals surface area contributed by atoms with Crippen molar-refractivity contribution in [1.29, 1.82) is 0 Å². The lowest BCUT2D eigenvalue weighted by Crippen LogP contribution is -2.33. The summed E-state index contributed by atoms with van der Waals surface area (Å²) >= 11 is 0. The van der Waals surface area contributed by atoms with E-state index in [1.807, 2.05) is 12.1 Å². The fourth-order valence-electron chi connectivity index (χ4n) is 9.54. The quantitative estimate of drug-likeness (QED) is 0.190. The first kappa shape index (κ1) is 33.6. The van der Waals surface area contributed by atoms with Gasteiger partial charge in [0.05, 0.1) is 22.1 Å². The lowest BCUT2D eigenvalue weighted by molar-refractivity contribution is 0.661. The summed E-state index contributed by atoms with van der Waals surface area (Å²) in [6, 6.07) is 64.7. The molecule has 2 aromatic heterocycles. The predicted octanol–water partition coefficient (Wildman–Crippen LogP) is 13.2. The number of amidine groups is 2. The Kier molecular flexibility index (Phi) is 7.27. The fourth-order valence-corrected chi connectivity index (χ4v) is 9.54. The van der Waals surface area contributed by atoms with E-state index in [2.05, 4.69) is 194 Å². The third-order valence-corrected chi connectivity index (χ3v) is 12.5. The molecule has 1 N–H and O–H groups in total. The molecule has 1 atom stereocenters. The molecule has 12 rings (SSSR count). The average molecular weight is 759 g/mol. The summed E-state index contributed by atoms with van der Waals surface area (Å²) in [4.78, 5) is 10.3. The number of aliphatic imine (C=N–C) groups is 2. The smallest absolute Gasteiger partial charge is 0.159 e. The van der Waals surface area contributed by atoms with Crippen LogP contribution in [0.2, 0.25) is 0 Å². The highest BCUT2D eigenvalue weighted by Crippen LogP contribution is 2.51. The third-order valence-electron chi connectivity index (χ3n) is 12.5. The lowest BCUT2D eigenvalue weighted by Gasteiger charge is -2.23. The van der Waals surface area contributed by atoms with Crippen molar-refractivity contribution >= 4 is 55.4 Å². The second-order valence-electron chi connectivity index (χ2n) is 16.2. The first-order valence-electron chi connectivity index (χ1n) is 20.3. The van der Waals surface area contributed by atoms with E-state index in [1.165, 1.54) is 49.6 Å². The van der Waals surface area contributed by atoms with Gasteiger partial charge in [-0.15, -0.1) is 0 Å². The van der Waals surface area contributed by atoms with Gasteiger partial charge in [0.15, 0.2) is 5.84 Å². The van der Waals surface area contributed by atoms with Crippen molar-refractivity contribution in [3.05, 3.63) is 210 Å².